The lowest BCUT2D eigenvalue weighted by molar-refractivity contribution is 0.0256. The zero-order chi connectivity index (χ0) is 13.2. The van der Waals surface area contributed by atoms with Crippen molar-refractivity contribution in [2.45, 2.75) is 63.7 Å². The maximum Gasteiger partial charge on any atom is 0.0739 e. The van der Waals surface area contributed by atoms with Crippen LogP contribution in [0.1, 0.15) is 50.3 Å². The van der Waals surface area contributed by atoms with E-state index in [1.54, 1.807) is 0 Å². The van der Waals surface area contributed by atoms with Crippen molar-refractivity contribution in [3.63, 3.8) is 0 Å². The lowest BCUT2D eigenvalue weighted by Crippen LogP contribution is -2.44. The molecule has 0 spiro atoms. The minimum atomic E-state index is 0.355. The Morgan fingerprint density at radius 3 is 3.05 bits per heavy atom. The van der Waals surface area contributed by atoms with E-state index in [2.05, 4.69) is 36.3 Å². The van der Waals surface area contributed by atoms with Crippen LogP contribution in [0.25, 0.3) is 0 Å². The molecule has 0 amide bonds. The third-order valence-electron chi connectivity index (χ3n) is 4.54. The number of hydrogen-bond acceptors (Lipinski definition) is 3. The van der Waals surface area contributed by atoms with Crippen LogP contribution in [0.2, 0.25) is 0 Å². The van der Waals surface area contributed by atoms with E-state index >= 15 is 0 Å². The van der Waals surface area contributed by atoms with E-state index in [0.29, 0.717) is 24.2 Å². The summed E-state index contributed by atoms with van der Waals surface area (Å²) in [6, 6.07) is 4.70. The van der Waals surface area contributed by atoms with Crippen LogP contribution in [-0.4, -0.2) is 29.8 Å². The van der Waals surface area contributed by atoms with Gasteiger partial charge in [-0.2, -0.15) is 0 Å². The molecule has 0 bridgehead atoms. The quantitative estimate of drug-likeness (QED) is 0.903. The number of nitrogens with one attached hydrogen (secondary N) is 1. The molecule has 1 aliphatic carbocycles. The molecule has 1 saturated heterocycles. The average Bonchev–Trinajstić information content (AvgIpc) is 3.03. The molecular weight excluding hydrogens is 236 g/mol. The molecule has 1 fully saturated rings. The molecule has 104 valence electrons. The number of aromatic nitrogens is 1. The second kappa shape index (κ2) is 5.59. The van der Waals surface area contributed by atoms with Crippen molar-refractivity contribution in [3.05, 3.63) is 29.6 Å². The predicted molar refractivity (Wildman–Crippen MR) is 76.3 cm³/mol. The van der Waals surface area contributed by atoms with Gasteiger partial charge in [0.1, 0.15) is 0 Å². The zero-order valence-corrected chi connectivity index (χ0v) is 11.9. The molecule has 4 unspecified atom stereocenters. The molecule has 2 aliphatic rings. The summed E-state index contributed by atoms with van der Waals surface area (Å²) in [5, 5.41) is 3.66. The number of aryl methyl sites for hydroxylation is 1. The van der Waals surface area contributed by atoms with E-state index in [1.807, 2.05) is 6.20 Å². The fraction of sp³-hybridized carbons (Fsp3) is 0.688. The minimum Gasteiger partial charge on any atom is -0.374 e. The van der Waals surface area contributed by atoms with Gasteiger partial charge in [0.2, 0.25) is 0 Å². The summed E-state index contributed by atoms with van der Waals surface area (Å²) in [5.41, 5.74) is 2.73. The second-order valence-electron chi connectivity index (χ2n) is 5.84. The van der Waals surface area contributed by atoms with Crippen LogP contribution in [0.5, 0.6) is 0 Å². The van der Waals surface area contributed by atoms with Crippen molar-refractivity contribution in [1.82, 2.24) is 10.3 Å². The molecular formula is C16H24N2O. The van der Waals surface area contributed by atoms with Gasteiger partial charge in [0.25, 0.3) is 0 Å². The summed E-state index contributed by atoms with van der Waals surface area (Å²) in [5.74, 6) is 0.520. The van der Waals surface area contributed by atoms with Gasteiger partial charge in [-0.15, -0.1) is 0 Å². The molecule has 3 rings (SSSR count). The lowest BCUT2D eigenvalue weighted by Gasteiger charge is -2.30. The van der Waals surface area contributed by atoms with Crippen molar-refractivity contribution in [1.29, 1.82) is 0 Å². The third-order valence-corrected chi connectivity index (χ3v) is 4.54. The highest BCUT2D eigenvalue weighted by molar-refractivity contribution is 5.30. The number of rotatable bonds is 4. The molecule has 0 radical (unpaired) electrons. The summed E-state index contributed by atoms with van der Waals surface area (Å²) in [7, 11) is 0. The number of ether oxygens (including phenoxy) is 1. The fourth-order valence-electron chi connectivity index (χ4n) is 3.66. The Balaban J connectivity index is 1.81. The normalized spacial score (nSPS) is 31.4. The number of nitrogens with zero attached hydrogens (tertiary/aromatic N) is 1. The minimum absolute atomic E-state index is 0.355. The van der Waals surface area contributed by atoms with Gasteiger partial charge in [-0.05, 0) is 50.8 Å². The monoisotopic (exact) mass is 260 g/mol. The largest absolute Gasteiger partial charge is 0.374 e. The molecule has 1 aromatic rings. The third kappa shape index (κ3) is 2.54. The summed E-state index contributed by atoms with van der Waals surface area (Å²) < 4.78 is 6.11. The van der Waals surface area contributed by atoms with Crippen LogP contribution in [0.4, 0.5) is 0 Å². The Hall–Kier alpha value is -0.930. The number of likely N-dealkylation sites (N-methyl/N-ethyl adjacent to an activating group) is 1. The molecule has 4 atom stereocenters. The smallest absolute Gasteiger partial charge is 0.0739 e. The van der Waals surface area contributed by atoms with E-state index in [9.17, 15) is 0 Å². The first-order valence-corrected chi connectivity index (χ1v) is 7.62. The number of pyridine rings is 1. The Morgan fingerprint density at radius 1 is 1.42 bits per heavy atom. The molecule has 2 heterocycles. The van der Waals surface area contributed by atoms with Gasteiger partial charge in [0, 0.05) is 23.9 Å². The van der Waals surface area contributed by atoms with Crippen molar-refractivity contribution >= 4 is 0 Å². The van der Waals surface area contributed by atoms with Crippen LogP contribution < -0.4 is 5.32 Å². The van der Waals surface area contributed by atoms with Gasteiger partial charge < -0.3 is 10.1 Å². The molecule has 3 heteroatoms. The molecule has 1 aromatic heterocycles. The van der Waals surface area contributed by atoms with E-state index in [1.165, 1.54) is 30.5 Å². The van der Waals surface area contributed by atoms with Crippen LogP contribution in [0.15, 0.2) is 18.3 Å². The van der Waals surface area contributed by atoms with Crippen LogP contribution in [0, 0.1) is 0 Å². The highest BCUT2D eigenvalue weighted by atomic mass is 16.5. The summed E-state index contributed by atoms with van der Waals surface area (Å²) in [6.07, 6.45) is 7.43. The molecule has 3 nitrogen and oxygen atoms in total. The fourth-order valence-corrected chi connectivity index (χ4v) is 3.66. The van der Waals surface area contributed by atoms with Gasteiger partial charge in [-0.3, -0.25) is 4.98 Å². The van der Waals surface area contributed by atoms with E-state index < -0.39 is 0 Å². The van der Waals surface area contributed by atoms with Crippen LogP contribution in [-0.2, 0) is 11.2 Å². The Bertz CT molecular complexity index is 435. The van der Waals surface area contributed by atoms with Gasteiger partial charge in [-0.1, -0.05) is 13.0 Å². The van der Waals surface area contributed by atoms with Crippen molar-refractivity contribution in [2.24, 2.45) is 0 Å². The summed E-state index contributed by atoms with van der Waals surface area (Å²) >= 11 is 0. The highest BCUT2D eigenvalue weighted by Crippen LogP contribution is 2.37. The van der Waals surface area contributed by atoms with Gasteiger partial charge in [0.05, 0.1) is 12.2 Å². The van der Waals surface area contributed by atoms with E-state index in [0.717, 1.165) is 13.0 Å². The molecule has 0 saturated carbocycles. The van der Waals surface area contributed by atoms with E-state index in [-0.39, 0.29) is 0 Å². The SMILES string of the molecule is CCNC(C1CCC(C)O1)C1CCc2cccnc21. The van der Waals surface area contributed by atoms with Gasteiger partial charge in [-0.25, -0.2) is 0 Å². The Labute approximate surface area is 115 Å². The lowest BCUT2D eigenvalue weighted by atomic mass is 9.91. The van der Waals surface area contributed by atoms with Crippen molar-refractivity contribution < 1.29 is 4.74 Å². The second-order valence-corrected chi connectivity index (χ2v) is 5.84. The number of hydrogen-bond donors (Lipinski definition) is 1. The van der Waals surface area contributed by atoms with Gasteiger partial charge >= 0.3 is 0 Å². The van der Waals surface area contributed by atoms with Gasteiger partial charge in [0.15, 0.2) is 0 Å². The zero-order valence-electron chi connectivity index (χ0n) is 11.9. The van der Waals surface area contributed by atoms with Crippen LogP contribution in [0.3, 0.4) is 0 Å². The average molecular weight is 260 g/mol. The highest BCUT2D eigenvalue weighted by Gasteiger charge is 2.38. The summed E-state index contributed by atoms with van der Waals surface area (Å²) in [6.45, 7) is 5.36. The first-order chi connectivity index (χ1) is 9.29. The number of fused-ring (bicyclic) bond motifs is 1. The topological polar surface area (TPSA) is 34.1 Å². The van der Waals surface area contributed by atoms with Crippen molar-refractivity contribution in [2.75, 3.05) is 6.54 Å². The van der Waals surface area contributed by atoms with E-state index in [4.69, 9.17) is 4.74 Å². The molecule has 19 heavy (non-hydrogen) atoms. The maximum absolute atomic E-state index is 6.11. The maximum atomic E-state index is 6.11. The summed E-state index contributed by atoms with van der Waals surface area (Å²) in [4.78, 5) is 4.64. The molecule has 0 aromatic carbocycles. The molecule has 1 aliphatic heterocycles. The first-order valence-electron chi connectivity index (χ1n) is 7.62. The Kier molecular flexibility index (Phi) is 3.85. The standard InChI is InChI=1S/C16H24N2O/c1-3-17-16(14-9-6-11(2)19-14)13-8-7-12-5-4-10-18-15(12)13/h4-5,10-11,13-14,16-17H,3,6-9H2,1-2H3. The predicted octanol–water partition coefficient (Wildman–Crippen LogP) is 2.66. The molecule has 1 N–H and O–H groups in total. The first kappa shape index (κ1) is 13.1. The van der Waals surface area contributed by atoms with Crippen LogP contribution >= 0.6 is 0 Å². The Morgan fingerprint density at radius 2 is 2.32 bits per heavy atom. The van der Waals surface area contributed by atoms with Crippen molar-refractivity contribution in [3.8, 4) is 0 Å².